The summed E-state index contributed by atoms with van der Waals surface area (Å²) < 4.78 is 13.5. The Hall–Kier alpha value is -0.640. The monoisotopic (exact) mass is 271 g/mol. The van der Waals surface area contributed by atoms with Gasteiger partial charge in [0.05, 0.1) is 6.10 Å². The normalized spacial score (nSPS) is 24.2. The molecule has 0 radical (unpaired) electrons. The lowest BCUT2D eigenvalue weighted by atomic mass is 9.87. The summed E-state index contributed by atoms with van der Waals surface area (Å²) in [7, 11) is 0. The van der Waals surface area contributed by atoms with Crippen molar-refractivity contribution in [1.82, 2.24) is 5.32 Å². The van der Waals surface area contributed by atoms with E-state index in [9.17, 15) is 9.50 Å². The molecular weight excluding hydrogens is 253 g/mol. The van der Waals surface area contributed by atoms with Crippen molar-refractivity contribution in [3.05, 3.63) is 34.6 Å². The molecule has 0 heterocycles. The number of halogens is 2. The molecule has 0 aromatic heterocycles. The van der Waals surface area contributed by atoms with Gasteiger partial charge in [0, 0.05) is 17.1 Å². The second kappa shape index (κ2) is 6.50. The first kappa shape index (κ1) is 13.8. The highest BCUT2D eigenvalue weighted by molar-refractivity contribution is 6.30. The van der Waals surface area contributed by atoms with E-state index in [4.69, 9.17) is 11.6 Å². The summed E-state index contributed by atoms with van der Waals surface area (Å²) in [4.78, 5) is 0. The van der Waals surface area contributed by atoms with E-state index in [0.29, 0.717) is 23.0 Å². The molecule has 1 aliphatic rings. The molecule has 1 aromatic carbocycles. The summed E-state index contributed by atoms with van der Waals surface area (Å²) in [5.41, 5.74) is 0.635. The van der Waals surface area contributed by atoms with Gasteiger partial charge in [-0.1, -0.05) is 24.1 Å². The first-order valence-electron chi connectivity index (χ1n) is 6.48. The predicted octanol–water partition coefficient (Wildman–Crippen LogP) is 3.12. The van der Waals surface area contributed by atoms with Crippen LogP contribution in [-0.2, 0) is 6.54 Å². The fourth-order valence-corrected chi connectivity index (χ4v) is 2.68. The first-order valence-corrected chi connectivity index (χ1v) is 6.85. The number of hydrogen-bond acceptors (Lipinski definition) is 2. The van der Waals surface area contributed by atoms with Gasteiger partial charge in [-0.3, -0.25) is 0 Å². The maximum Gasteiger partial charge on any atom is 0.129 e. The number of aliphatic hydroxyl groups excluding tert-OH is 1. The van der Waals surface area contributed by atoms with Crippen molar-refractivity contribution in [3.8, 4) is 0 Å². The highest BCUT2D eigenvalue weighted by atomic mass is 35.5. The zero-order chi connectivity index (χ0) is 13.0. The molecule has 0 saturated heterocycles. The van der Waals surface area contributed by atoms with E-state index < -0.39 is 0 Å². The van der Waals surface area contributed by atoms with Crippen molar-refractivity contribution >= 4 is 11.6 Å². The maximum atomic E-state index is 13.5. The topological polar surface area (TPSA) is 32.3 Å². The van der Waals surface area contributed by atoms with Crippen molar-refractivity contribution in [2.24, 2.45) is 5.92 Å². The van der Waals surface area contributed by atoms with Crippen LogP contribution in [0.1, 0.15) is 31.2 Å². The summed E-state index contributed by atoms with van der Waals surface area (Å²) in [6.07, 6.45) is 3.85. The molecule has 100 valence electrons. The maximum absolute atomic E-state index is 13.5. The molecule has 2 nitrogen and oxygen atoms in total. The van der Waals surface area contributed by atoms with E-state index >= 15 is 0 Å². The summed E-state index contributed by atoms with van der Waals surface area (Å²) in [5.74, 6) is 0.239. The van der Waals surface area contributed by atoms with Crippen LogP contribution in [0.5, 0.6) is 0 Å². The Morgan fingerprint density at radius 2 is 2.22 bits per heavy atom. The molecule has 0 aliphatic heterocycles. The average Bonchev–Trinajstić information content (AvgIpc) is 2.32. The summed E-state index contributed by atoms with van der Waals surface area (Å²) >= 11 is 5.70. The van der Waals surface area contributed by atoms with Gasteiger partial charge in [0.15, 0.2) is 0 Å². The van der Waals surface area contributed by atoms with Crippen molar-refractivity contribution in [2.75, 3.05) is 6.54 Å². The minimum absolute atomic E-state index is 0.155. The number of aliphatic hydroxyl groups is 1. The van der Waals surface area contributed by atoms with Crippen LogP contribution in [0.4, 0.5) is 4.39 Å². The van der Waals surface area contributed by atoms with Crippen LogP contribution in [0.25, 0.3) is 0 Å². The van der Waals surface area contributed by atoms with E-state index in [1.165, 1.54) is 6.07 Å². The van der Waals surface area contributed by atoms with Crippen molar-refractivity contribution in [1.29, 1.82) is 0 Å². The highest BCUT2D eigenvalue weighted by Gasteiger charge is 2.19. The Balaban J connectivity index is 1.77. The molecule has 1 saturated carbocycles. The fourth-order valence-electron chi connectivity index (χ4n) is 2.52. The zero-order valence-electron chi connectivity index (χ0n) is 10.3. The van der Waals surface area contributed by atoms with Crippen molar-refractivity contribution in [3.63, 3.8) is 0 Å². The molecule has 2 rings (SSSR count). The molecule has 1 fully saturated rings. The molecule has 2 atom stereocenters. The van der Waals surface area contributed by atoms with Gasteiger partial charge in [0.1, 0.15) is 5.82 Å². The molecule has 0 bridgehead atoms. The Kier molecular flexibility index (Phi) is 4.98. The quantitative estimate of drug-likeness (QED) is 0.882. The molecule has 2 N–H and O–H groups in total. The lowest BCUT2D eigenvalue weighted by molar-refractivity contribution is 0.101. The number of benzene rings is 1. The van der Waals surface area contributed by atoms with Crippen LogP contribution < -0.4 is 5.32 Å². The molecule has 4 heteroatoms. The van der Waals surface area contributed by atoms with Gasteiger partial charge >= 0.3 is 0 Å². The predicted molar refractivity (Wildman–Crippen MR) is 71.1 cm³/mol. The Labute approximate surface area is 112 Å². The van der Waals surface area contributed by atoms with Gasteiger partial charge in [-0.25, -0.2) is 4.39 Å². The second-order valence-corrected chi connectivity index (χ2v) is 5.49. The summed E-state index contributed by atoms with van der Waals surface area (Å²) in [5, 5.41) is 13.2. The van der Waals surface area contributed by atoms with Gasteiger partial charge in [0.25, 0.3) is 0 Å². The van der Waals surface area contributed by atoms with Gasteiger partial charge in [-0.2, -0.15) is 0 Å². The van der Waals surface area contributed by atoms with Gasteiger partial charge < -0.3 is 10.4 Å². The molecule has 1 aliphatic carbocycles. The Morgan fingerprint density at radius 1 is 1.39 bits per heavy atom. The summed E-state index contributed by atoms with van der Waals surface area (Å²) in [6.45, 7) is 1.34. The first-order chi connectivity index (χ1) is 8.65. The van der Waals surface area contributed by atoms with Gasteiger partial charge in [0.2, 0.25) is 0 Å². The average molecular weight is 272 g/mol. The Morgan fingerprint density at radius 3 is 2.94 bits per heavy atom. The van der Waals surface area contributed by atoms with Crippen LogP contribution in [0.15, 0.2) is 18.2 Å². The molecule has 0 amide bonds. The van der Waals surface area contributed by atoms with E-state index in [1.54, 1.807) is 12.1 Å². The van der Waals surface area contributed by atoms with Gasteiger partial charge in [-0.15, -0.1) is 0 Å². The SMILES string of the molecule is OC1CCCC(CNCc2ccc(Cl)cc2F)C1. The Bertz CT molecular complexity index is 399. The number of rotatable bonds is 4. The van der Waals surface area contributed by atoms with E-state index in [-0.39, 0.29) is 11.9 Å². The minimum Gasteiger partial charge on any atom is -0.393 e. The van der Waals surface area contributed by atoms with Crippen LogP contribution in [0.3, 0.4) is 0 Å². The van der Waals surface area contributed by atoms with Crippen LogP contribution in [0.2, 0.25) is 5.02 Å². The molecule has 1 aromatic rings. The van der Waals surface area contributed by atoms with E-state index in [2.05, 4.69) is 5.32 Å². The second-order valence-electron chi connectivity index (χ2n) is 5.05. The molecular formula is C14H19ClFNO. The zero-order valence-corrected chi connectivity index (χ0v) is 11.1. The molecule has 2 unspecified atom stereocenters. The van der Waals surface area contributed by atoms with E-state index in [1.807, 2.05) is 0 Å². The van der Waals surface area contributed by atoms with Crippen LogP contribution in [-0.4, -0.2) is 17.8 Å². The highest BCUT2D eigenvalue weighted by Crippen LogP contribution is 2.23. The van der Waals surface area contributed by atoms with Crippen molar-refractivity contribution in [2.45, 2.75) is 38.3 Å². The largest absolute Gasteiger partial charge is 0.393 e. The lowest BCUT2D eigenvalue weighted by Crippen LogP contribution is -2.29. The smallest absolute Gasteiger partial charge is 0.129 e. The molecule has 18 heavy (non-hydrogen) atoms. The number of hydrogen-bond donors (Lipinski definition) is 2. The molecule has 0 spiro atoms. The third-order valence-electron chi connectivity index (χ3n) is 3.52. The standard InChI is InChI=1S/C14H19ClFNO/c15-12-5-4-11(14(16)7-12)9-17-8-10-2-1-3-13(18)6-10/h4-5,7,10,13,17-18H,1-3,6,8-9H2. The van der Waals surface area contributed by atoms with Gasteiger partial charge in [-0.05, 0) is 43.9 Å². The third kappa shape index (κ3) is 3.94. The number of nitrogens with one attached hydrogen (secondary N) is 1. The van der Waals surface area contributed by atoms with E-state index in [0.717, 1.165) is 32.2 Å². The van der Waals surface area contributed by atoms with Crippen LogP contribution >= 0.6 is 11.6 Å². The third-order valence-corrected chi connectivity index (χ3v) is 3.75. The van der Waals surface area contributed by atoms with Crippen LogP contribution in [0, 0.1) is 11.7 Å². The lowest BCUT2D eigenvalue weighted by Gasteiger charge is -2.26. The summed E-state index contributed by atoms with van der Waals surface area (Å²) in [6, 6.07) is 4.75. The fraction of sp³-hybridized carbons (Fsp3) is 0.571. The van der Waals surface area contributed by atoms with Crippen molar-refractivity contribution < 1.29 is 9.50 Å². The minimum atomic E-state index is -0.265.